The van der Waals surface area contributed by atoms with Gasteiger partial charge in [-0.25, -0.2) is 0 Å². The van der Waals surface area contributed by atoms with Crippen molar-refractivity contribution in [3.8, 4) is 5.75 Å². The van der Waals surface area contributed by atoms with Crippen LogP contribution >= 0.6 is 0 Å². The third-order valence-corrected chi connectivity index (χ3v) is 2.56. The number of hydrogen-bond acceptors (Lipinski definition) is 4. The molecule has 1 fully saturated rings. The molecule has 5 nitrogen and oxygen atoms in total. The molecule has 1 amide bonds. The van der Waals surface area contributed by atoms with E-state index in [1.807, 2.05) is 0 Å². The van der Waals surface area contributed by atoms with Crippen LogP contribution in [0.5, 0.6) is 5.75 Å². The Bertz CT molecular complexity index is 389. The van der Waals surface area contributed by atoms with Gasteiger partial charge in [0.1, 0.15) is 18.5 Å². The Balaban J connectivity index is 1.89. The van der Waals surface area contributed by atoms with Crippen LogP contribution in [0, 0.1) is 0 Å². The average Bonchev–Trinajstić information content (AvgIpc) is 2.38. The van der Waals surface area contributed by atoms with Gasteiger partial charge < -0.3 is 20.5 Å². The number of nitrogens with one attached hydrogen (secondary N) is 1. The summed E-state index contributed by atoms with van der Waals surface area (Å²) in [6.45, 7) is 2.84. The van der Waals surface area contributed by atoms with Crippen molar-refractivity contribution in [1.29, 1.82) is 0 Å². The van der Waals surface area contributed by atoms with Gasteiger partial charge in [0.25, 0.3) is 0 Å². The molecule has 0 spiro atoms. The lowest BCUT2D eigenvalue weighted by Crippen LogP contribution is -2.41. The zero-order chi connectivity index (χ0) is 12.1. The Morgan fingerprint density at radius 2 is 2.47 bits per heavy atom. The first-order chi connectivity index (χ1) is 8.25. The number of hydrogen-bond donors (Lipinski definition) is 2. The maximum atomic E-state index is 11.0. The lowest BCUT2D eigenvalue weighted by atomic mass is 10.2. The molecule has 1 aromatic carbocycles. The highest BCUT2D eigenvalue weighted by Gasteiger charge is 2.14. The van der Waals surface area contributed by atoms with Crippen LogP contribution in [0.4, 0.5) is 0 Å². The van der Waals surface area contributed by atoms with Crippen molar-refractivity contribution in [2.75, 3.05) is 26.3 Å². The monoisotopic (exact) mass is 236 g/mol. The molecule has 17 heavy (non-hydrogen) atoms. The zero-order valence-corrected chi connectivity index (χ0v) is 9.52. The third-order valence-electron chi connectivity index (χ3n) is 2.56. The Kier molecular flexibility index (Phi) is 3.95. The van der Waals surface area contributed by atoms with Gasteiger partial charge in [-0.1, -0.05) is 6.07 Å². The highest BCUT2D eigenvalue weighted by atomic mass is 16.5. The molecule has 0 unspecified atom stereocenters. The SMILES string of the molecule is NC(=O)c1cccc(OC[C@H]2CNCCO2)c1. The normalized spacial score (nSPS) is 19.9. The van der Waals surface area contributed by atoms with Crippen molar-refractivity contribution in [3.05, 3.63) is 29.8 Å². The minimum absolute atomic E-state index is 0.0565. The molecule has 0 saturated carbocycles. The Labute approximate surface area is 99.9 Å². The van der Waals surface area contributed by atoms with E-state index in [1.165, 1.54) is 0 Å². The summed E-state index contributed by atoms with van der Waals surface area (Å²) in [4.78, 5) is 11.0. The largest absolute Gasteiger partial charge is 0.491 e. The summed E-state index contributed by atoms with van der Waals surface area (Å²) in [6.07, 6.45) is 0.0565. The molecule has 0 bridgehead atoms. The molecule has 2 rings (SSSR count). The Hall–Kier alpha value is -1.59. The predicted molar refractivity (Wildman–Crippen MR) is 63.1 cm³/mol. The van der Waals surface area contributed by atoms with E-state index in [2.05, 4.69) is 5.32 Å². The van der Waals surface area contributed by atoms with Crippen LogP contribution in [0.3, 0.4) is 0 Å². The third kappa shape index (κ3) is 3.44. The van der Waals surface area contributed by atoms with Crippen molar-refractivity contribution >= 4 is 5.91 Å². The second kappa shape index (κ2) is 5.65. The molecule has 1 aliphatic rings. The van der Waals surface area contributed by atoms with Crippen molar-refractivity contribution < 1.29 is 14.3 Å². The second-order valence-corrected chi connectivity index (χ2v) is 3.90. The van der Waals surface area contributed by atoms with Crippen molar-refractivity contribution in [2.45, 2.75) is 6.10 Å². The standard InChI is InChI=1S/C12H16N2O3/c13-12(15)9-2-1-3-10(6-9)17-8-11-7-14-4-5-16-11/h1-3,6,11,14H,4-5,7-8H2,(H2,13,15)/t11-/m1/s1. The van der Waals surface area contributed by atoms with Gasteiger partial charge in [-0.3, -0.25) is 4.79 Å². The van der Waals surface area contributed by atoms with E-state index in [4.69, 9.17) is 15.2 Å². The van der Waals surface area contributed by atoms with E-state index in [0.717, 1.165) is 13.1 Å². The summed E-state index contributed by atoms with van der Waals surface area (Å²) < 4.78 is 11.1. The van der Waals surface area contributed by atoms with E-state index >= 15 is 0 Å². The Morgan fingerprint density at radius 3 is 3.18 bits per heavy atom. The molecule has 0 aromatic heterocycles. The van der Waals surface area contributed by atoms with Crippen LogP contribution in [0.2, 0.25) is 0 Å². The fraction of sp³-hybridized carbons (Fsp3) is 0.417. The summed E-state index contributed by atoms with van der Waals surface area (Å²) in [7, 11) is 0. The number of rotatable bonds is 4. The number of benzene rings is 1. The first-order valence-corrected chi connectivity index (χ1v) is 5.60. The zero-order valence-electron chi connectivity index (χ0n) is 9.52. The van der Waals surface area contributed by atoms with Crippen LogP contribution in [0.25, 0.3) is 0 Å². The molecule has 1 atom stereocenters. The van der Waals surface area contributed by atoms with Crippen molar-refractivity contribution in [2.24, 2.45) is 5.73 Å². The number of carbonyl (C=O) groups excluding carboxylic acids is 1. The van der Waals surface area contributed by atoms with Gasteiger partial charge in [-0.05, 0) is 18.2 Å². The highest BCUT2D eigenvalue weighted by molar-refractivity contribution is 5.93. The minimum Gasteiger partial charge on any atom is -0.491 e. The fourth-order valence-corrected chi connectivity index (χ4v) is 1.66. The number of primary amides is 1. The summed E-state index contributed by atoms with van der Waals surface area (Å²) in [6, 6.07) is 6.84. The quantitative estimate of drug-likeness (QED) is 0.780. The summed E-state index contributed by atoms with van der Waals surface area (Å²) >= 11 is 0. The smallest absolute Gasteiger partial charge is 0.248 e. The number of amides is 1. The molecule has 1 heterocycles. The van der Waals surface area contributed by atoms with Gasteiger partial charge in [0.2, 0.25) is 5.91 Å². The van der Waals surface area contributed by atoms with Crippen LogP contribution in [-0.2, 0) is 4.74 Å². The lowest BCUT2D eigenvalue weighted by molar-refractivity contribution is 0.000187. The fourth-order valence-electron chi connectivity index (χ4n) is 1.66. The highest BCUT2D eigenvalue weighted by Crippen LogP contribution is 2.13. The van der Waals surface area contributed by atoms with Gasteiger partial charge in [0, 0.05) is 18.7 Å². The van der Waals surface area contributed by atoms with Gasteiger partial charge in [-0.2, -0.15) is 0 Å². The van der Waals surface area contributed by atoms with E-state index in [1.54, 1.807) is 24.3 Å². The lowest BCUT2D eigenvalue weighted by Gasteiger charge is -2.23. The summed E-state index contributed by atoms with van der Waals surface area (Å²) in [5, 5.41) is 3.22. The number of carbonyl (C=O) groups is 1. The number of ether oxygens (including phenoxy) is 2. The predicted octanol–water partition coefficient (Wildman–Crippen LogP) is 0.153. The maximum Gasteiger partial charge on any atom is 0.248 e. The first kappa shape index (κ1) is 11.9. The van der Waals surface area contributed by atoms with E-state index in [-0.39, 0.29) is 6.10 Å². The molecule has 5 heteroatoms. The van der Waals surface area contributed by atoms with Crippen molar-refractivity contribution in [3.63, 3.8) is 0 Å². The van der Waals surface area contributed by atoms with Crippen LogP contribution < -0.4 is 15.8 Å². The molecule has 1 aromatic rings. The number of nitrogens with two attached hydrogens (primary N) is 1. The molecule has 0 aliphatic carbocycles. The van der Waals surface area contributed by atoms with Crippen molar-refractivity contribution in [1.82, 2.24) is 5.32 Å². The topological polar surface area (TPSA) is 73.6 Å². The van der Waals surface area contributed by atoms with E-state index < -0.39 is 5.91 Å². The van der Waals surface area contributed by atoms with Crippen LogP contribution in [-0.4, -0.2) is 38.3 Å². The molecule has 1 aliphatic heterocycles. The second-order valence-electron chi connectivity index (χ2n) is 3.90. The first-order valence-electron chi connectivity index (χ1n) is 5.60. The van der Waals surface area contributed by atoms with E-state index in [0.29, 0.717) is 24.5 Å². The number of morpholine rings is 1. The minimum atomic E-state index is -0.453. The molecule has 0 radical (unpaired) electrons. The van der Waals surface area contributed by atoms with Crippen LogP contribution in [0.1, 0.15) is 10.4 Å². The summed E-state index contributed by atoms with van der Waals surface area (Å²) in [5.74, 6) is 0.182. The van der Waals surface area contributed by atoms with Gasteiger partial charge in [0.05, 0.1) is 6.61 Å². The molecule has 1 saturated heterocycles. The average molecular weight is 236 g/mol. The van der Waals surface area contributed by atoms with Gasteiger partial charge >= 0.3 is 0 Å². The Morgan fingerprint density at radius 1 is 1.59 bits per heavy atom. The maximum absolute atomic E-state index is 11.0. The summed E-state index contributed by atoms with van der Waals surface area (Å²) in [5.41, 5.74) is 5.64. The molecular weight excluding hydrogens is 220 g/mol. The van der Waals surface area contributed by atoms with Gasteiger partial charge in [-0.15, -0.1) is 0 Å². The molecule has 3 N–H and O–H groups in total. The molecular formula is C12H16N2O3. The van der Waals surface area contributed by atoms with E-state index in [9.17, 15) is 4.79 Å². The van der Waals surface area contributed by atoms with Gasteiger partial charge in [0.15, 0.2) is 0 Å². The molecule has 92 valence electrons. The van der Waals surface area contributed by atoms with Crippen LogP contribution in [0.15, 0.2) is 24.3 Å².